The quantitative estimate of drug-likeness (QED) is 0.348. The van der Waals surface area contributed by atoms with Gasteiger partial charge in [0, 0.05) is 0 Å². The second kappa shape index (κ2) is 6.51. The summed E-state index contributed by atoms with van der Waals surface area (Å²) in [5.41, 5.74) is 0. The fourth-order valence-electron chi connectivity index (χ4n) is 2.20. The lowest BCUT2D eigenvalue weighted by molar-refractivity contribution is -0.315. The molecule has 0 saturated carbocycles. The summed E-state index contributed by atoms with van der Waals surface area (Å²) < 4.78 is 15.7. The summed E-state index contributed by atoms with van der Waals surface area (Å²) in [6, 6.07) is 0. The average Bonchev–Trinajstić information content (AvgIpc) is 2.41. The van der Waals surface area contributed by atoms with E-state index in [-0.39, 0.29) is 6.61 Å². The number of halogens is 1. The van der Waals surface area contributed by atoms with Crippen molar-refractivity contribution in [2.24, 2.45) is 0 Å². The Labute approximate surface area is 124 Å². The lowest BCUT2D eigenvalue weighted by atomic mass is 10.00. The number of hydrogen-bond donors (Lipinski definition) is 5. The molecule has 0 radical (unpaired) electrons. The number of aliphatic hydroxyl groups excluding tert-OH is 5. The van der Waals surface area contributed by atoms with Crippen LogP contribution in [0.1, 0.15) is 6.92 Å². The molecule has 0 aromatic carbocycles. The van der Waals surface area contributed by atoms with Gasteiger partial charge in [-0.05, 0) is 6.92 Å². The smallest absolute Gasteiger partial charge is 0.186 e. The zero-order valence-electron chi connectivity index (χ0n) is 10.7. The second-order valence-corrected chi connectivity index (χ2v) is 5.93. The van der Waals surface area contributed by atoms with Crippen molar-refractivity contribution in [3.8, 4) is 0 Å². The van der Waals surface area contributed by atoms with E-state index in [2.05, 4.69) is 15.9 Å². The van der Waals surface area contributed by atoms with Crippen LogP contribution in [0, 0.1) is 0 Å². The first kappa shape index (κ1) is 16.5. The van der Waals surface area contributed by atoms with E-state index in [1.807, 2.05) is 0 Å². The zero-order valence-corrected chi connectivity index (χ0v) is 12.3. The van der Waals surface area contributed by atoms with Crippen molar-refractivity contribution in [1.82, 2.24) is 0 Å². The van der Waals surface area contributed by atoms with Crippen LogP contribution in [-0.2, 0) is 14.2 Å². The maximum absolute atomic E-state index is 9.98. The Bertz CT molecular complexity index is 318. The molecule has 2 fully saturated rings. The van der Waals surface area contributed by atoms with E-state index in [1.54, 1.807) is 6.92 Å². The Hall–Kier alpha value is 0.160. The summed E-state index contributed by atoms with van der Waals surface area (Å²) >= 11 is 3.11. The van der Waals surface area contributed by atoms with E-state index in [4.69, 9.17) is 14.2 Å². The Kier molecular flexibility index (Phi) is 5.38. The first-order valence-corrected chi connectivity index (χ1v) is 7.21. The molecular formula is C11H19BrO8. The molecule has 5 N–H and O–H groups in total. The molecule has 20 heavy (non-hydrogen) atoms. The van der Waals surface area contributed by atoms with Gasteiger partial charge in [-0.25, -0.2) is 0 Å². The molecule has 9 heteroatoms. The van der Waals surface area contributed by atoms with Crippen LogP contribution in [0.15, 0.2) is 0 Å². The lowest BCUT2D eigenvalue weighted by Gasteiger charge is -2.43. The molecule has 0 spiro atoms. The third-order valence-electron chi connectivity index (χ3n) is 3.51. The van der Waals surface area contributed by atoms with E-state index in [9.17, 15) is 25.5 Å². The molecule has 2 aliphatic heterocycles. The predicted molar refractivity (Wildman–Crippen MR) is 67.9 cm³/mol. The standard InChI is InChI=1S/C11H19BrO8/c1-3-5(14)9(8(17)10(12)19-3)20-11-7(16)6(15)4(13)2-18-11/h3-11,13-17H,2H2,1H3/t3-,4+,5+,6-,7+,8-,9+,10?,11-/m0/s1. The van der Waals surface area contributed by atoms with Gasteiger partial charge in [-0.3, -0.25) is 0 Å². The van der Waals surface area contributed by atoms with E-state index >= 15 is 0 Å². The van der Waals surface area contributed by atoms with E-state index in [1.165, 1.54) is 0 Å². The van der Waals surface area contributed by atoms with Crippen LogP contribution in [0.3, 0.4) is 0 Å². The molecule has 2 saturated heterocycles. The number of hydrogen-bond acceptors (Lipinski definition) is 8. The summed E-state index contributed by atoms with van der Waals surface area (Å²) in [6.07, 6.45) is -9.33. The average molecular weight is 359 g/mol. The summed E-state index contributed by atoms with van der Waals surface area (Å²) in [5, 5.41) is 47.9. The first-order chi connectivity index (χ1) is 9.32. The van der Waals surface area contributed by atoms with Crippen LogP contribution in [0.25, 0.3) is 0 Å². The minimum Gasteiger partial charge on any atom is -0.388 e. The summed E-state index contributed by atoms with van der Waals surface area (Å²) in [7, 11) is 0. The van der Waals surface area contributed by atoms with Crippen molar-refractivity contribution in [1.29, 1.82) is 0 Å². The first-order valence-electron chi connectivity index (χ1n) is 6.30. The molecule has 0 bridgehead atoms. The molecule has 118 valence electrons. The van der Waals surface area contributed by atoms with Crippen LogP contribution in [0.5, 0.6) is 0 Å². The Morgan fingerprint density at radius 1 is 1.00 bits per heavy atom. The highest BCUT2D eigenvalue weighted by Gasteiger charge is 2.47. The van der Waals surface area contributed by atoms with Gasteiger partial charge in [-0.1, -0.05) is 15.9 Å². The van der Waals surface area contributed by atoms with Crippen LogP contribution in [0.2, 0.25) is 0 Å². The highest BCUT2D eigenvalue weighted by molar-refractivity contribution is 9.09. The Morgan fingerprint density at radius 3 is 2.30 bits per heavy atom. The SMILES string of the molecule is C[C@@H]1OC(Br)[C@@H](O)[C@H](O[C@@H]2OC[C@@H](O)[C@H](O)[C@H]2O)[C@@H]1O. The van der Waals surface area contributed by atoms with Crippen molar-refractivity contribution < 1.29 is 39.7 Å². The van der Waals surface area contributed by atoms with Crippen molar-refractivity contribution in [2.45, 2.75) is 61.0 Å². The largest absolute Gasteiger partial charge is 0.388 e. The molecule has 0 amide bonds. The van der Waals surface area contributed by atoms with E-state index < -0.39 is 54.0 Å². The van der Waals surface area contributed by atoms with Crippen molar-refractivity contribution in [3.63, 3.8) is 0 Å². The molecule has 0 aliphatic carbocycles. The van der Waals surface area contributed by atoms with Gasteiger partial charge in [-0.2, -0.15) is 0 Å². The fraction of sp³-hybridized carbons (Fsp3) is 1.00. The summed E-state index contributed by atoms with van der Waals surface area (Å²) in [6.45, 7) is 1.39. The van der Waals surface area contributed by atoms with E-state index in [0.717, 1.165) is 0 Å². The van der Waals surface area contributed by atoms with Gasteiger partial charge >= 0.3 is 0 Å². The summed E-state index contributed by atoms with van der Waals surface area (Å²) in [5.74, 6) is 0. The maximum Gasteiger partial charge on any atom is 0.186 e. The predicted octanol–water partition coefficient (Wildman–Crippen LogP) is -2.33. The molecule has 2 rings (SSSR count). The molecule has 0 aromatic rings. The highest BCUT2D eigenvalue weighted by Crippen LogP contribution is 2.29. The Balaban J connectivity index is 2.04. The van der Waals surface area contributed by atoms with Crippen molar-refractivity contribution >= 4 is 15.9 Å². The van der Waals surface area contributed by atoms with Gasteiger partial charge in [0.25, 0.3) is 0 Å². The molecule has 0 aromatic heterocycles. The molecule has 8 nitrogen and oxygen atoms in total. The number of ether oxygens (including phenoxy) is 3. The zero-order chi connectivity index (χ0) is 15.0. The number of alkyl halides is 1. The van der Waals surface area contributed by atoms with Crippen molar-refractivity contribution in [3.05, 3.63) is 0 Å². The third kappa shape index (κ3) is 3.16. The Morgan fingerprint density at radius 2 is 1.65 bits per heavy atom. The molecule has 2 aliphatic rings. The van der Waals surface area contributed by atoms with Gasteiger partial charge in [-0.15, -0.1) is 0 Å². The van der Waals surface area contributed by atoms with E-state index in [0.29, 0.717) is 0 Å². The third-order valence-corrected chi connectivity index (χ3v) is 4.27. The minimum atomic E-state index is -1.48. The topological polar surface area (TPSA) is 129 Å². The molecule has 1 unspecified atom stereocenters. The fourth-order valence-corrected chi connectivity index (χ4v) is 2.84. The van der Waals surface area contributed by atoms with Crippen molar-refractivity contribution in [2.75, 3.05) is 6.61 Å². The summed E-state index contributed by atoms with van der Waals surface area (Å²) in [4.78, 5) is 0. The van der Waals surface area contributed by atoms with Gasteiger partial charge in [0.05, 0.1) is 12.7 Å². The van der Waals surface area contributed by atoms with Gasteiger partial charge in [0.2, 0.25) is 0 Å². The maximum atomic E-state index is 9.98. The molecule has 2 heterocycles. The molecule has 9 atom stereocenters. The normalized spacial score (nSPS) is 53.9. The van der Waals surface area contributed by atoms with Gasteiger partial charge in [0.1, 0.15) is 41.6 Å². The lowest BCUT2D eigenvalue weighted by Crippen LogP contribution is -2.60. The second-order valence-electron chi connectivity index (χ2n) is 5.02. The minimum absolute atomic E-state index is 0.217. The van der Waals surface area contributed by atoms with Gasteiger partial charge in [0.15, 0.2) is 6.29 Å². The van der Waals surface area contributed by atoms with Crippen LogP contribution in [0.4, 0.5) is 0 Å². The molecular weight excluding hydrogens is 340 g/mol. The van der Waals surface area contributed by atoms with Crippen LogP contribution < -0.4 is 0 Å². The van der Waals surface area contributed by atoms with Gasteiger partial charge < -0.3 is 39.7 Å². The highest BCUT2D eigenvalue weighted by atomic mass is 79.9. The number of rotatable bonds is 2. The van der Waals surface area contributed by atoms with Crippen LogP contribution >= 0.6 is 15.9 Å². The monoisotopic (exact) mass is 358 g/mol. The number of aliphatic hydroxyl groups is 5. The van der Waals surface area contributed by atoms with Crippen LogP contribution in [-0.4, -0.2) is 86.2 Å².